The molecule has 0 aliphatic heterocycles. The number of allylic oxidation sites excluding steroid dienone is 1. The standard InChI is InChI=1S/C23H26N4OS/c1-5-13-27-21(18(4)24-22(28)20-8-6-7-17(3)14-20)25-26-23(27)29-15-19-11-9-16(2)10-12-19/h5-12,14,18H,1,13,15H2,2-4H3,(H,24,28)/t18-/m1/s1. The molecule has 0 aliphatic carbocycles. The molecule has 6 heteroatoms. The molecular formula is C23H26N4OS. The maximum atomic E-state index is 12.6. The van der Waals surface area contributed by atoms with Crippen LogP contribution in [0.25, 0.3) is 0 Å². The summed E-state index contributed by atoms with van der Waals surface area (Å²) in [5, 5.41) is 12.6. The summed E-state index contributed by atoms with van der Waals surface area (Å²) in [4.78, 5) is 12.6. The molecule has 0 fully saturated rings. The maximum Gasteiger partial charge on any atom is 0.251 e. The largest absolute Gasteiger partial charge is 0.342 e. The third-order valence-electron chi connectivity index (χ3n) is 4.56. The number of thioether (sulfide) groups is 1. The Balaban J connectivity index is 1.73. The zero-order valence-corrected chi connectivity index (χ0v) is 17.9. The zero-order valence-electron chi connectivity index (χ0n) is 17.1. The first-order chi connectivity index (χ1) is 14.0. The normalized spacial score (nSPS) is 11.8. The Hall–Kier alpha value is -2.86. The third-order valence-corrected chi connectivity index (χ3v) is 5.60. The van der Waals surface area contributed by atoms with Crippen LogP contribution in [0, 0.1) is 13.8 Å². The lowest BCUT2D eigenvalue weighted by atomic mass is 10.1. The molecule has 1 N–H and O–H groups in total. The number of carbonyl (C=O) groups excluding carboxylic acids is 1. The molecule has 0 aliphatic rings. The van der Waals surface area contributed by atoms with Gasteiger partial charge in [-0.2, -0.15) is 0 Å². The van der Waals surface area contributed by atoms with Crippen LogP contribution in [0.1, 0.15) is 45.8 Å². The van der Waals surface area contributed by atoms with Gasteiger partial charge in [-0.05, 0) is 38.5 Å². The average Bonchev–Trinajstić information content (AvgIpc) is 3.10. The molecule has 1 aromatic heterocycles. The van der Waals surface area contributed by atoms with Crippen LogP contribution in [-0.2, 0) is 12.3 Å². The number of benzene rings is 2. The number of aryl methyl sites for hydroxylation is 2. The minimum absolute atomic E-state index is 0.122. The lowest BCUT2D eigenvalue weighted by Gasteiger charge is -2.15. The van der Waals surface area contributed by atoms with Gasteiger partial charge in [-0.25, -0.2) is 0 Å². The molecule has 0 bridgehead atoms. The summed E-state index contributed by atoms with van der Waals surface area (Å²) >= 11 is 1.63. The quantitative estimate of drug-likeness (QED) is 0.428. The van der Waals surface area contributed by atoms with Crippen molar-refractivity contribution in [1.82, 2.24) is 20.1 Å². The highest BCUT2D eigenvalue weighted by Gasteiger charge is 2.20. The molecule has 0 saturated heterocycles. The molecule has 1 amide bonds. The van der Waals surface area contributed by atoms with Gasteiger partial charge in [-0.15, -0.1) is 16.8 Å². The average molecular weight is 407 g/mol. The van der Waals surface area contributed by atoms with Gasteiger partial charge in [0, 0.05) is 17.9 Å². The van der Waals surface area contributed by atoms with Crippen LogP contribution in [0.3, 0.4) is 0 Å². The number of rotatable bonds is 8. The van der Waals surface area contributed by atoms with Crippen LogP contribution in [0.15, 0.2) is 66.3 Å². The Morgan fingerprint density at radius 1 is 1.17 bits per heavy atom. The first-order valence-corrected chi connectivity index (χ1v) is 10.6. The summed E-state index contributed by atoms with van der Waals surface area (Å²) in [7, 11) is 0. The van der Waals surface area contributed by atoms with Crippen LogP contribution in [0.5, 0.6) is 0 Å². The van der Waals surface area contributed by atoms with Crippen LogP contribution >= 0.6 is 11.8 Å². The fourth-order valence-electron chi connectivity index (χ4n) is 2.99. The molecule has 5 nitrogen and oxygen atoms in total. The minimum atomic E-state index is -0.274. The molecule has 29 heavy (non-hydrogen) atoms. The van der Waals surface area contributed by atoms with Crippen molar-refractivity contribution >= 4 is 17.7 Å². The van der Waals surface area contributed by atoms with Gasteiger partial charge < -0.3 is 9.88 Å². The van der Waals surface area contributed by atoms with Crippen LogP contribution < -0.4 is 5.32 Å². The monoisotopic (exact) mass is 406 g/mol. The highest BCUT2D eigenvalue weighted by molar-refractivity contribution is 7.98. The van der Waals surface area contributed by atoms with E-state index in [1.165, 1.54) is 11.1 Å². The third kappa shape index (κ3) is 5.35. The first-order valence-electron chi connectivity index (χ1n) is 9.58. The first kappa shape index (κ1) is 20.9. The van der Waals surface area contributed by atoms with E-state index in [1.54, 1.807) is 11.8 Å². The van der Waals surface area contributed by atoms with E-state index in [2.05, 4.69) is 53.3 Å². The number of hydrogen-bond donors (Lipinski definition) is 1. The summed E-state index contributed by atoms with van der Waals surface area (Å²) in [5.74, 6) is 1.40. The molecule has 3 aromatic rings. The lowest BCUT2D eigenvalue weighted by Crippen LogP contribution is -2.28. The minimum Gasteiger partial charge on any atom is -0.342 e. The number of nitrogens with zero attached hydrogens (tertiary/aromatic N) is 3. The van der Waals surface area contributed by atoms with Gasteiger partial charge in [0.25, 0.3) is 5.91 Å². The molecule has 0 radical (unpaired) electrons. The maximum absolute atomic E-state index is 12.6. The Kier molecular flexibility index (Phi) is 6.88. The summed E-state index contributed by atoms with van der Waals surface area (Å²) in [6.45, 7) is 10.4. The van der Waals surface area contributed by atoms with Gasteiger partial charge in [0.2, 0.25) is 0 Å². The van der Waals surface area contributed by atoms with Crippen molar-refractivity contribution in [1.29, 1.82) is 0 Å². The van der Waals surface area contributed by atoms with E-state index in [4.69, 9.17) is 0 Å². The Morgan fingerprint density at radius 3 is 2.62 bits per heavy atom. The van der Waals surface area contributed by atoms with Crippen molar-refractivity contribution in [2.75, 3.05) is 0 Å². The summed E-state index contributed by atoms with van der Waals surface area (Å²) < 4.78 is 2.01. The molecule has 0 unspecified atom stereocenters. The predicted octanol–water partition coefficient (Wildman–Crippen LogP) is 4.86. The topological polar surface area (TPSA) is 59.8 Å². The van der Waals surface area contributed by atoms with Gasteiger partial charge in [-0.3, -0.25) is 4.79 Å². The van der Waals surface area contributed by atoms with E-state index >= 15 is 0 Å². The lowest BCUT2D eigenvalue weighted by molar-refractivity contribution is 0.0937. The van der Waals surface area contributed by atoms with Gasteiger partial charge in [-0.1, -0.05) is 65.4 Å². The van der Waals surface area contributed by atoms with Gasteiger partial charge in [0.15, 0.2) is 11.0 Å². The molecule has 0 spiro atoms. The van der Waals surface area contributed by atoms with E-state index < -0.39 is 0 Å². The molecular weight excluding hydrogens is 380 g/mol. The highest BCUT2D eigenvalue weighted by Crippen LogP contribution is 2.24. The fraction of sp³-hybridized carbons (Fsp3) is 0.261. The van der Waals surface area contributed by atoms with Gasteiger partial charge in [0.1, 0.15) is 0 Å². The van der Waals surface area contributed by atoms with E-state index in [0.29, 0.717) is 12.1 Å². The molecule has 1 heterocycles. The van der Waals surface area contributed by atoms with Crippen LogP contribution in [0.2, 0.25) is 0 Å². The summed E-state index contributed by atoms with van der Waals surface area (Å²) in [6, 6.07) is 15.7. The van der Waals surface area contributed by atoms with Gasteiger partial charge >= 0.3 is 0 Å². The van der Waals surface area contributed by atoms with Crippen molar-refractivity contribution in [2.24, 2.45) is 0 Å². The fourth-order valence-corrected chi connectivity index (χ4v) is 3.90. The van der Waals surface area contributed by atoms with Crippen molar-refractivity contribution in [3.05, 3.63) is 89.3 Å². The van der Waals surface area contributed by atoms with Gasteiger partial charge in [0.05, 0.1) is 6.04 Å². The second kappa shape index (κ2) is 9.56. The number of carbonyl (C=O) groups is 1. The Bertz CT molecular complexity index is 994. The summed E-state index contributed by atoms with van der Waals surface area (Å²) in [5.41, 5.74) is 4.17. The predicted molar refractivity (Wildman–Crippen MR) is 118 cm³/mol. The van der Waals surface area contributed by atoms with Crippen molar-refractivity contribution in [3.63, 3.8) is 0 Å². The second-order valence-corrected chi connectivity index (χ2v) is 8.02. The van der Waals surface area contributed by atoms with Crippen LogP contribution in [0.4, 0.5) is 0 Å². The molecule has 150 valence electrons. The summed E-state index contributed by atoms with van der Waals surface area (Å²) in [6.07, 6.45) is 1.82. The Morgan fingerprint density at radius 2 is 1.93 bits per heavy atom. The molecule has 0 saturated carbocycles. The van der Waals surface area contributed by atoms with Crippen LogP contribution in [-0.4, -0.2) is 20.7 Å². The SMILES string of the molecule is C=CCn1c(SCc2ccc(C)cc2)nnc1[C@@H](C)NC(=O)c1cccc(C)c1. The number of amides is 1. The van der Waals surface area contributed by atoms with E-state index in [1.807, 2.05) is 48.8 Å². The Labute approximate surface area is 176 Å². The molecule has 2 aromatic carbocycles. The smallest absolute Gasteiger partial charge is 0.251 e. The van der Waals surface area contributed by atoms with Crippen molar-refractivity contribution in [2.45, 2.75) is 44.3 Å². The van der Waals surface area contributed by atoms with Crippen molar-refractivity contribution in [3.8, 4) is 0 Å². The van der Waals surface area contributed by atoms with E-state index in [9.17, 15) is 4.79 Å². The van der Waals surface area contributed by atoms with E-state index in [0.717, 1.165) is 22.3 Å². The molecule has 1 atom stereocenters. The number of hydrogen-bond acceptors (Lipinski definition) is 4. The zero-order chi connectivity index (χ0) is 20.8. The van der Waals surface area contributed by atoms with Crippen molar-refractivity contribution < 1.29 is 4.79 Å². The molecule has 3 rings (SSSR count). The van der Waals surface area contributed by atoms with E-state index in [-0.39, 0.29) is 11.9 Å². The highest BCUT2D eigenvalue weighted by atomic mass is 32.2. The number of aromatic nitrogens is 3. The second-order valence-electron chi connectivity index (χ2n) is 7.08. The number of nitrogens with one attached hydrogen (secondary N) is 1.